The average Bonchev–Trinajstić information content (AvgIpc) is 2.82. The molecule has 1 aromatic rings. The molecule has 0 radical (unpaired) electrons. The molecule has 0 fully saturated rings. The van der Waals surface area contributed by atoms with Gasteiger partial charge in [-0.25, -0.2) is 4.79 Å². The largest absolute Gasteiger partial charge is 0.481 e. The van der Waals surface area contributed by atoms with E-state index in [1.165, 1.54) is 0 Å². The van der Waals surface area contributed by atoms with E-state index in [9.17, 15) is 9.59 Å². The van der Waals surface area contributed by atoms with Crippen molar-refractivity contribution in [3.05, 3.63) is 18.0 Å². The Morgan fingerprint density at radius 1 is 1.56 bits per heavy atom. The van der Waals surface area contributed by atoms with E-state index in [-0.39, 0.29) is 18.6 Å². The molecule has 0 spiro atoms. The Bertz CT molecular complexity index is 391. The molecular weight excluding hydrogens is 236 g/mol. The fourth-order valence-corrected chi connectivity index (χ4v) is 1.45. The summed E-state index contributed by atoms with van der Waals surface area (Å²) in [5.74, 6) is -1.46. The maximum Gasteiger partial charge on any atom is 0.315 e. The number of hydrogen-bond acceptors (Lipinski definition) is 3. The zero-order chi connectivity index (χ0) is 13.5. The van der Waals surface area contributed by atoms with Gasteiger partial charge in [-0.15, -0.1) is 0 Å². The van der Waals surface area contributed by atoms with E-state index in [1.54, 1.807) is 19.3 Å². The third-order valence-corrected chi connectivity index (χ3v) is 2.72. The molecule has 1 heterocycles. The summed E-state index contributed by atoms with van der Waals surface area (Å²) >= 11 is 0. The molecule has 7 nitrogen and oxygen atoms in total. The van der Waals surface area contributed by atoms with Crippen molar-refractivity contribution in [3.8, 4) is 0 Å². The molecule has 0 aliphatic carbocycles. The summed E-state index contributed by atoms with van der Waals surface area (Å²) in [5, 5.41) is 20.5. The molecule has 1 aromatic heterocycles. The lowest BCUT2D eigenvalue weighted by molar-refractivity contribution is -0.141. The molecule has 0 aromatic carbocycles. The third-order valence-electron chi connectivity index (χ3n) is 2.72. The minimum Gasteiger partial charge on any atom is -0.481 e. The molecule has 0 bridgehead atoms. The molecule has 4 N–H and O–H groups in total. The number of amides is 2. The smallest absolute Gasteiger partial charge is 0.315 e. The van der Waals surface area contributed by atoms with E-state index in [1.807, 2.05) is 6.92 Å². The molecular formula is C11H18N4O3. The number of aromatic nitrogens is 2. The van der Waals surface area contributed by atoms with Crippen molar-refractivity contribution in [1.29, 1.82) is 0 Å². The van der Waals surface area contributed by atoms with Crippen LogP contribution in [0, 0.1) is 5.92 Å². The highest BCUT2D eigenvalue weighted by atomic mass is 16.4. The number of carboxylic acid groups (broad SMARTS) is 1. The quantitative estimate of drug-likeness (QED) is 0.604. The number of H-pyrrole nitrogens is 1. The number of nitrogens with zero attached hydrogens (tertiary/aromatic N) is 1. The number of rotatable bonds is 6. The maximum atomic E-state index is 11.5. The Kier molecular flexibility index (Phi) is 5.16. The van der Waals surface area contributed by atoms with Gasteiger partial charge >= 0.3 is 12.0 Å². The minimum atomic E-state index is -0.902. The summed E-state index contributed by atoms with van der Waals surface area (Å²) in [7, 11) is 0. The Labute approximate surface area is 105 Å². The van der Waals surface area contributed by atoms with Gasteiger partial charge in [0.05, 0.1) is 18.2 Å². The van der Waals surface area contributed by atoms with E-state index >= 15 is 0 Å². The Morgan fingerprint density at radius 2 is 2.28 bits per heavy atom. The van der Waals surface area contributed by atoms with Gasteiger partial charge in [0.1, 0.15) is 0 Å². The van der Waals surface area contributed by atoms with Gasteiger partial charge in [-0.3, -0.25) is 9.89 Å². The lowest BCUT2D eigenvalue weighted by atomic mass is 10.1. The third kappa shape index (κ3) is 4.08. The van der Waals surface area contributed by atoms with Crippen LogP contribution in [-0.2, 0) is 4.79 Å². The van der Waals surface area contributed by atoms with Gasteiger partial charge in [0.25, 0.3) is 0 Å². The highest BCUT2D eigenvalue weighted by Crippen LogP contribution is 2.08. The van der Waals surface area contributed by atoms with Crippen molar-refractivity contribution in [2.45, 2.75) is 26.3 Å². The fourth-order valence-electron chi connectivity index (χ4n) is 1.45. The van der Waals surface area contributed by atoms with Gasteiger partial charge < -0.3 is 15.7 Å². The van der Waals surface area contributed by atoms with Crippen LogP contribution in [-0.4, -0.2) is 33.8 Å². The number of urea groups is 1. The highest BCUT2D eigenvalue weighted by molar-refractivity contribution is 5.76. The minimum absolute atomic E-state index is 0.121. The molecule has 0 aliphatic rings. The standard InChI is InChI=1S/C11H18N4O3/c1-3-8(10(16)17)4-12-11(18)15-7(2)9-5-13-14-6-9/h5-8H,3-4H2,1-2H3,(H,13,14)(H,16,17)(H2,12,15,18). The average molecular weight is 254 g/mol. The number of aromatic amines is 1. The molecule has 0 saturated carbocycles. The monoisotopic (exact) mass is 254 g/mol. The molecule has 0 aliphatic heterocycles. The second kappa shape index (κ2) is 6.63. The zero-order valence-corrected chi connectivity index (χ0v) is 10.4. The SMILES string of the molecule is CCC(CNC(=O)NC(C)c1cn[nH]c1)C(=O)O. The molecule has 7 heteroatoms. The zero-order valence-electron chi connectivity index (χ0n) is 10.4. The molecule has 0 saturated heterocycles. The first-order chi connectivity index (χ1) is 8.54. The van der Waals surface area contributed by atoms with E-state index in [0.29, 0.717) is 6.42 Å². The van der Waals surface area contributed by atoms with Crippen LogP contribution in [0.25, 0.3) is 0 Å². The molecule has 18 heavy (non-hydrogen) atoms. The van der Waals surface area contributed by atoms with E-state index in [4.69, 9.17) is 5.11 Å². The molecule has 1 rings (SSSR count). The van der Waals surface area contributed by atoms with E-state index in [0.717, 1.165) is 5.56 Å². The highest BCUT2D eigenvalue weighted by Gasteiger charge is 2.16. The molecule has 2 atom stereocenters. The van der Waals surface area contributed by atoms with Crippen molar-refractivity contribution >= 4 is 12.0 Å². The molecule has 100 valence electrons. The summed E-state index contributed by atoms with van der Waals surface area (Å²) in [4.78, 5) is 22.3. The topological polar surface area (TPSA) is 107 Å². The first kappa shape index (κ1) is 14.0. The fraction of sp³-hybridized carbons (Fsp3) is 0.545. The van der Waals surface area contributed by atoms with Gasteiger partial charge in [-0.1, -0.05) is 6.92 Å². The van der Waals surface area contributed by atoms with E-state index < -0.39 is 11.9 Å². The van der Waals surface area contributed by atoms with Crippen LogP contribution in [0.2, 0.25) is 0 Å². The number of carbonyl (C=O) groups excluding carboxylic acids is 1. The van der Waals surface area contributed by atoms with Crippen molar-refractivity contribution < 1.29 is 14.7 Å². The summed E-state index contributed by atoms with van der Waals surface area (Å²) in [6.07, 6.45) is 3.79. The van der Waals surface area contributed by atoms with Crippen molar-refractivity contribution in [2.75, 3.05) is 6.54 Å². The second-order valence-electron chi connectivity index (χ2n) is 4.05. The first-order valence-electron chi connectivity index (χ1n) is 5.80. The number of carbonyl (C=O) groups is 2. The summed E-state index contributed by atoms with van der Waals surface area (Å²) < 4.78 is 0. The molecule has 2 amide bonds. The Balaban J connectivity index is 2.35. The number of nitrogens with one attached hydrogen (secondary N) is 3. The number of aliphatic carboxylic acids is 1. The van der Waals surface area contributed by atoms with Crippen molar-refractivity contribution in [3.63, 3.8) is 0 Å². The Morgan fingerprint density at radius 3 is 2.78 bits per heavy atom. The van der Waals surface area contributed by atoms with Gasteiger partial charge in [0.2, 0.25) is 0 Å². The predicted octanol–water partition coefficient (Wildman–Crippen LogP) is 0.881. The van der Waals surface area contributed by atoms with E-state index in [2.05, 4.69) is 20.8 Å². The summed E-state index contributed by atoms with van der Waals surface area (Å²) in [5.41, 5.74) is 0.857. The lowest BCUT2D eigenvalue weighted by Crippen LogP contribution is -2.40. The summed E-state index contributed by atoms with van der Waals surface area (Å²) in [6.45, 7) is 3.71. The van der Waals surface area contributed by atoms with Gasteiger partial charge in [0.15, 0.2) is 0 Å². The first-order valence-corrected chi connectivity index (χ1v) is 5.80. The van der Waals surface area contributed by atoms with Crippen LogP contribution < -0.4 is 10.6 Å². The van der Waals surface area contributed by atoms with Crippen LogP contribution in [0.1, 0.15) is 31.9 Å². The maximum absolute atomic E-state index is 11.5. The van der Waals surface area contributed by atoms with Crippen LogP contribution >= 0.6 is 0 Å². The molecule has 2 unspecified atom stereocenters. The predicted molar refractivity (Wildman–Crippen MR) is 65.0 cm³/mol. The number of hydrogen-bond donors (Lipinski definition) is 4. The lowest BCUT2D eigenvalue weighted by Gasteiger charge is -2.15. The van der Waals surface area contributed by atoms with Gasteiger partial charge in [0, 0.05) is 18.3 Å². The van der Waals surface area contributed by atoms with Gasteiger partial charge in [-0.2, -0.15) is 5.10 Å². The Hall–Kier alpha value is -2.05. The van der Waals surface area contributed by atoms with Crippen LogP contribution in [0.4, 0.5) is 4.79 Å². The van der Waals surface area contributed by atoms with Crippen molar-refractivity contribution in [2.24, 2.45) is 5.92 Å². The number of carboxylic acids is 1. The second-order valence-corrected chi connectivity index (χ2v) is 4.05. The van der Waals surface area contributed by atoms with Crippen molar-refractivity contribution in [1.82, 2.24) is 20.8 Å². The normalized spacial score (nSPS) is 13.7. The van der Waals surface area contributed by atoms with Crippen LogP contribution in [0.3, 0.4) is 0 Å². The van der Waals surface area contributed by atoms with Gasteiger partial charge in [-0.05, 0) is 13.3 Å². The van der Waals surface area contributed by atoms with Crippen LogP contribution in [0.15, 0.2) is 12.4 Å². The summed E-state index contributed by atoms with van der Waals surface area (Å²) in [6, 6.07) is -0.572. The van der Waals surface area contributed by atoms with Crippen LogP contribution in [0.5, 0.6) is 0 Å².